The summed E-state index contributed by atoms with van der Waals surface area (Å²) in [6.45, 7) is 8.15. The van der Waals surface area contributed by atoms with E-state index in [4.69, 9.17) is 4.74 Å². The van der Waals surface area contributed by atoms with E-state index in [0.29, 0.717) is 5.92 Å². The van der Waals surface area contributed by atoms with Crippen LogP contribution in [0.4, 0.5) is 0 Å². The Labute approximate surface area is 86.4 Å². The summed E-state index contributed by atoms with van der Waals surface area (Å²) in [5, 5.41) is 0. The van der Waals surface area contributed by atoms with E-state index in [2.05, 4.69) is 25.6 Å². The lowest BCUT2D eigenvalue weighted by molar-refractivity contribution is 0.0706. The maximum atomic E-state index is 5.50. The van der Waals surface area contributed by atoms with Crippen molar-refractivity contribution >= 4 is 0 Å². The number of ether oxygens (including phenoxy) is 1. The molecule has 0 radical (unpaired) electrons. The topological polar surface area (TPSA) is 9.23 Å². The van der Waals surface area contributed by atoms with Gasteiger partial charge in [-0.05, 0) is 12.5 Å². The van der Waals surface area contributed by atoms with Gasteiger partial charge < -0.3 is 4.74 Å². The van der Waals surface area contributed by atoms with E-state index in [1.165, 1.54) is 5.56 Å². The fourth-order valence-corrected chi connectivity index (χ4v) is 1.53. The maximum absolute atomic E-state index is 5.50. The largest absolute Gasteiger partial charge is 0.376 e. The Morgan fingerprint density at radius 3 is 2.29 bits per heavy atom. The highest BCUT2D eigenvalue weighted by molar-refractivity contribution is 5.20. The van der Waals surface area contributed by atoms with Crippen molar-refractivity contribution in [3.63, 3.8) is 0 Å². The second kappa shape index (κ2) is 4.97. The van der Waals surface area contributed by atoms with E-state index < -0.39 is 0 Å². The standard InChI is InChI=1S/C13H18O/c1-10(2)11(3)13(14-4)12-8-6-5-7-9-12/h5-9,11,13H,1H2,2-4H3/t11-,13+/m0/s1. The van der Waals surface area contributed by atoms with Gasteiger partial charge in [0, 0.05) is 13.0 Å². The van der Waals surface area contributed by atoms with E-state index in [-0.39, 0.29) is 6.10 Å². The minimum atomic E-state index is 0.119. The fraction of sp³-hybridized carbons (Fsp3) is 0.385. The molecule has 0 fully saturated rings. The van der Waals surface area contributed by atoms with Crippen molar-refractivity contribution in [1.82, 2.24) is 0 Å². The second-order valence-corrected chi connectivity index (χ2v) is 3.70. The second-order valence-electron chi connectivity index (χ2n) is 3.70. The summed E-state index contributed by atoms with van der Waals surface area (Å²) in [6.07, 6.45) is 0.119. The molecule has 0 unspecified atom stereocenters. The Kier molecular flexibility index (Phi) is 3.90. The Hall–Kier alpha value is -1.08. The van der Waals surface area contributed by atoms with E-state index in [1.54, 1.807) is 7.11 Å². The Morgan fingerprint density at radius 2 is 1.86 bits per heavy atom. The van der Waals surface area contributed by atoms with Crippen LogP contribution in [-0.4, -0.2) is 7.11 Å². The summed E-state index contributed by atoms with van der Waals surface area (Å²) in [6, 6.07) is 10.3. The predicted octanol–water partition coefficient (Wildman–Crippen LogP) is 3.59. The molecule has 2 atom stereocenters. The van der Waals surface area contributed by atoms with Crippen molar-refractivity contribution in [2.45, 2.75) is 20.0 Å². The first kappa shape index (κ1) is 11.0. The van der Waals surface area contributed by atoms with Gasteiger partial charge in [0.05, 0.1) is 6.10 Å². The van der Waals surface area contributed by atoms with Crippen LogP contribution in [0.2, 0.25) is 0 Å². The minimum Gasteiger partial charge on any atom is -0.376 e. The predicted molar refractivity (Wildman–Crippen MR) is 60.2 cm³/mol. The molecule has 1 aromatic carbocycles. The lowest BCUT2D eigenvalue weighted by Crippen LogP contribution is -2.12. The Bertz CT molecular complexity index is 289. The van der Waals surface area contributed by atoms with Crippen molar-refractivity contribution in [1.29, 1.82) is 0 Å². The van der Waals surface area contributed by atoms with E-state index >= 15 is 0 Å². The van der Waals surface area contributed by atoms with Crippen LogP contribution in [0.25, 0.3) is 0 Å². The van der Waals surface area contributed by atoms with Gasteiger partial charge in [0.1, 0.15) is 0 Å². The van der Waals surface area contributed by atoms with Gasteiger partial charge in [0.15, 0.2) is 0 Å². The summed E-state index contributed by atoms with van der Waals surface area (Å²) in [4.78, 5) is 0. The number of hydrogen-bond donors (Lipinski definition) is 0. The SMILES string of the molecule is C=C(C)[C@H](C)[C@@H](OC)c1ccccc1. The lowest BCUT2D eigenvalue weighted by Gasteiger charge is -2.23. The van der Waals surface area contributed by atoms with Gasteiger partial charge in [-0.15, -0.1) is 0 Å². The van der Waals surface area contributed by atoms with Crippen LogP contribution < -0.4 is 0 Å². The van der Waals surface area contributed by atoms with Crippen molar-refractivity contribution in [3.8, 4) is 0 Å². The van der Waals surface area contributed by atoms with Gasteiger partial charge in [-0.25, -0.2) is 0 Å². The van der Waals surface area contributed by atoms with Crippen molar-refractivity contribution in [2.75, 3.05) is 7.11 Å². The lowest BCUT2D eigenvalue weighted by atomic mass is 9.92. The van der Waals surface area contributed by atoms with Gasteiger partial charge in [-0.1, -0.05) is 49.4 Å². The molecule has 0 spiro atoms. The molecule has 1 aromatic rings. The average molecular weight is 190 g/mol. The maximum Gasteiger partial charge on any atom is 0.0883 e. The molecule has 1 nitrogen and oxygen atoms in total. The molecule has 0 saturated heterocycles. The highest BCUT2D eigenvalue weighted by Crippen LogP contribution is 2.29. The van der Waals surface area contributed by atoms with Crippen molar-refractivity contribution in [3.05, 3.63) is 48.0 Å². The zero-order chi connectivity index (χ0) is 10.6. The monoisotopic (exact) mass is 190 g/mol. The molecular weight excluding hydrogens is 172 g/mol. The molecule has 0 N–H and O–H groups in total. The van der Waals surface area contributed by atoms with Gasteiger partial charge >= 0.3 is 0 Å². The van der Waals surface area contributed by atoms with E-state index in [9.17, 15) is 0 Å². The first-order chi connectivity index (χ1) is 6.66. The molecule has 0 aromatic heterocycles. The number of rotatable bonds is 4. The molecular formula is C13H18O. The van der Waals surface area contributed by atoms with Crippen LogP contribution >= 0.6 is 0 Å². The third kappa shape index (κ3) is 2.46. The molecule has 0 aliphatic heterocycles. The highest BCUT2D eigenvalue weighted by atomic mass is 16.5. The van der Waals surface area contributed by atoms with Gasteiger partial charge in [-0.2, -0.15) is 0 Å². The van der Waals surface area contributed by atoms with Crippen LogP contribution in [0.1, 0.15) is 25.5 Å². The summed E-state index contributed by atoms with van der Waals surface area (Å²) in [5.41, 5.74) is 2.37. The minimum absolute atomic E-state index is 0.119. The quantitative estimate of drug-likeness (QED) is 0.659. The van der Waals surface area contributed by atoms with Crippen LogP contribution in [0.15, 0.2) is 42.5 Å². The molecule has 1 heteroatoms. The molecule has 0 aliphatic carbocycles. The van der Waals surface area contributed by atoms with Crippen LogP contribution in [-0.2, 0) is 4.74 Å². The van der Waals surface area contributed by atoms with Crippen LogP contribution in [0.3, 0.4) is 0 Å². The first-order valence-electron chi connectivity index (χ1n) is 4.90. The summed E-state index contributed by atoms with van der Waals surface area (Å²) in [7, 11) is 1.75. The van der Waals surface area contributed by atoms with Crippen molar-refractivity contribution < 1.29 is 4.74 Å². The van der Waals surface area contributed by atoms with Crippen LogP contribution in [0, 0.1) is 5.92 Å². The highest BCUT2D eigenvalue weighted by Gasteiger charge is 2.18. The van der Waals surface area contributed by atoms with Gasteiger partial charge in [0.2, 0.25) is 0 Å². The van der Waals surface area contributed by atoms with E-state index in [1.807, 2.05) is 25.1 Å². The molecule has 0 saturated carbocycles. The number of benzene rings is 1. The number of methoxy groups -OCH3 is 1. The first-order valence-corrected chi connectivity index (χ1v) is 4.90. The van der Waals surface area contributed by atoms with Gasteiger partial charge in [-0.3, -0.25) is 0 Å². The smallest absolute Gasteiger partial charge is 0.0883 e. The van der Waals surface area contributed by atoms with Crippen molar-refractivity contribution in [2.24, 2.45) is 5.92 Å². The molecule has 1 rings (SSSR count). The fourth-order valence-electron chi connectivity index (χ4n) is 1.53. The van der Waals surface area contributed by atoms with Crippen LogP contribution in [0.5, 0.6) is 0 Å². The number of hydrogen-bond acceptors (Lipinski definition) is 1. The Morgan fingerprint density at radius 1 is 1.29 bits per heavy atom. The summed E-state index contributed by atoms with van der Waals surface area (Å²) >= 11 is 0. The van der Waals surface area contributed by atoms with Gasteiger partial charge in [0.25, 0.3) is 0 Å². The molecule has 0 aliphatic rings. The Balaban J connectivity index is 2.87. The third-order valence-corrected chi connectivity index (χ3v) is 2.61. The molecule has 0 heterocycles. The normalized spacial score (nSPS) is 14.8. The summed E-state index contributed by atoms with van der Waals surface area (Å²) < 4.78 is 5.50. The van der Waals surface area contributed by atoms with E-state index in [0.717, 1.165) is 5.57 Å². The zero-order valence-electron chi connectivity index (χ0n) is 9.16. The molecule has 76 valence electrons. The molecule has 0 bridgehead atoms. The zero-order valence-corrected chi connectivity index (χ0v) is 9.16. The summed E-state index contributed by atoms with van der Waals surface area (Å²) in [5.74, 6) is 0.349. The molecule has 0 amide bonds. The third-order valence-electron chi connectivity index (χ3n) is 2.61. The average Bonchev–Trinajstić information content (AvgIpc) is 2.20. The molecule has 14 heavy (non-hydrogen) atoms.